The second kappa shape index (κ2) is 73.1. The van der Waals surface area contributed by atoms with Crippen molar-refractivity contribution in [2.24, 2.45) is 0 Å². The number of ether oxygens (including phenoxy) is 1. The van der Waals surface area contributed by atoms with Gasteiger partial charge < -0.3 is 20.3 Å². The fourth-order valence-electron chi connectivity index (χ4n) is 12.5. The molecule has 0 aliphatic carbocycles. The highest BCUT2D eigenvalue weighted by Gasteiger charge is 2.20. The standard InChI is InChI=1S/C77H151NO5/c1-3-5-7-9-11-13-15-17-19-21-22-23-24-28-31-34-38-41-45-49-53-57-61-65-69-75(80)74(73-79)78-76(81)70-66-62-58-54-50-46-42-39-35-32-29-26-25-27-30-33-36-40-44-48-52-56-60-64-68-72-83-77(82)71-67-63-59-55-51-47-43-37-20-18-16-14-12-10-8-6-4-2/h18,20,74-75,79-80H,3-17,19,21-73H2,1-2H3,(H,78,81)/b20-18-. The molecule has 3 N–H and O–H groups in total. The molecule has 0 aromatic rings. The summed E-state index contributed by atoms with van der Waals surface area (Å²) >= 11 is 0. The number of carbonyl (C=O) groups excluding carboxylic acids is 2. The number of esters is 1. The number of allylic oxidation sites excluding steroid dienone is 2. The lowest BCUT2D eigenvalue weighted by Gasteiger charge is -2.22. The maximum Gasteiger partial charge on any atom is 0.305 e. The molecule has 0 aromatic heterocycles. The number of rotatable bonds is 73. The molecule has 0 rings (SSSR count). The van der Waals surface area contributed by atoms with E-state index in [1.807, 2.05) is 0 Å². The Hall–Kier alpha value is -1.40. The van der Waals surface area contributed by atoms with E-state index < -0.39 is 12.1 Å². The Bertz CT molecular complexity index is 1260. The van der Waals surface area contributed by atoms with Crippen molar-refractivity contribution in [2.45, 2.75) is 456 Å². The van der Waals surface area contributed by atoms with Crippen molar-refractivity contribution in [3.63, 3.8) is 0 Å². The molecule has 494 valence electrons. The third kappa shape index (κ3) is 69.6. The van der Waals surface area contributed by atoms with Crippen LogP contribution in [0.5, 0.6) is 0 Å². The lowest BCUT2D eigenvalue weighted by molar-refractivity contribution is -0.143. The number of unbranched alkanes of at least 4 members (excludes halogenated alkanes) is 60. The fraction of sp³-hybridized carbons (Fsp3) is 0.948. The molecule has 0 aliphatic heterocycles. The number of aliphatic hydroxyl groups is 2. The lowest BCUT2D eigenvalue weighted by Crippen LogP contribution is -2.45. The van der Waals surface area contributed by atoms with Crippen molar-refractivity contribution in [3.8, 4) is 0 Å². The molecule has 0 aliphatic rings. The Morgan fingerprint density at radius 1 is 0.325 bits per heavy atom. The molecule has 2 unspecified atom stereocenters. The molecule has 0 heterocycles. The molecule has 0 saturated carbocycles. The van der Waals surface area contributed by atoms with Crippen LogP contribution in [-0.2, 0) is 14.3 Å². The first-order valence-corrected chi connectivity index (χ1v) is 38.4. The highest BCUT2D eigenvalue weighted by Crippen LogP contribution is 2.20. The summed E-state index contributed by atoms with van der Waals surface area (Å²) in [5.74, 6) is -0.0127. The van der Waals surface area contributed by atoms with Crippen LogP contribution in [0.4, 0.5) is 0 Å². The van der Waals surface area contributed by atoms with Crippen LogP contribution >= 0.6 is 0 Å². The fourth-order valence-corrected chi connectivity index (χ4v) is 12.5. The first-order valence-electron chi connectivity index (χ1n) is 38.4. The molecular formula is C77H151NO5. The maximum absolute atomic E-state index is 12.6. The quantitative estimate of drug-likeness (QED) is 0.0320. The van der Waals surface area contributed by atoms with Crippen LogP contribution in [0.25, 0.3) is 0 Å². The van der Waals surface area contributed by atoms with E-state index >= 15 is 0 Å². The number of nitrogens with one attached hydrogen (secondary N) is 1. The van der Waals surface area contributed by atoms with Crippen LogP contribution < -0.4 is 5.32 Å². The van der Waals surface area contributed by atoms with Gasteiger partial charge in [-0.05, 0) is 51.4 Å². The van der Waals surface area contributed by atoms with Gasteiger partial charge in [-0.1, -0.05) is 392 Å². The van der Waals surface area contributed by atoms with Crippen LogP contribution in [0, 0.1) is 0 Å². The van der Waals surface area contributed by atoms with Gasteiger partial charge >= 0.3 is 5.97 Å². The van der Waals surface area contributed by atoms with Crippen molar-refractivity contribution >= 4 is 11.9 Å². The summed E-state index contributed by atoms with van der Waals surface area (Å²) in [6.45, 7) is 5.00. The van der Waals surface area contributed by atoms with Crippen molar-refractivity contribution in [3.05, 3.63) is 12.2 Å². The monoisotopic (exact) mass is 1170 g/mol. The summed E-state index contributed by atoms with van der Waals surface area (Å²) in [5, 5.41) is 23.5. The van der Waals surface area contributed by atoms with Gasteiger partial charge in [-0.25, -0.2) is 0 Å². The first-order chi connectivity index (χ1) is 41.0. The highest BCUT2D eigenvalue weighted by molar-refractivity contribution is 5.76. The summed E-state index contributed by atoms with van der Waals surface area (Å²) < 4.78 is 5.51. The van der Waals surface area contributed by atoms with Gasteiger partial charge in [-0.3, -0.25) is 9.59 Å². The van der Waals surface area contributed by atoms with Gasteiger partial charge in [0, 0.05) is 12.8 Å². The molecule has 6 nitrogen and oxygen atoms in total. The van der Waals surface area contributed by atoms with Crippen LogP contribution in [0.15, 0.2) is 12.2 Å². The summed E-state index contributed by atoms with van der Waals surface area (Å²) in [7, 11) is 0. The van der Waals surface area contributed by atoms with Gasteiger partial charge in [0.25, 0.3) is 0 Å². The minimum atomic E-state index is -0.664. The van der Waals surface area contributed by atoms with Crippen molar-refractivity contribution in [1.29, 1.82) is 0 Å². The molecule has 0 spiro atoms. The normalized spacial score (nSPS) is 12.5. The third-order valence-corrected chi connectivity index (χ3v) is 18.3. The third-order valence-electron chi connectivity index (χ3n) is 18.3. The molecule has 1 amide bonds. The second-order valence-electron chi connectivity index (χ2n) is 26.7. The van der Waals surface area contributed by atoms with E-state index in [1.165, 1.54) is 366 Å². The molecule has 6 heteroatoms. The smallest absolute Gasteiger partial charge is 0.305 e. The van der Waals surface area contributed by atoms with E-state index in [4.69, 9.17) is 4.74 Å². The summed E-state index contributed by atoms with van der Waals surface area (Å²) in [6, 6.07) is -0.541. The first kappa shape index (κ1) is 81.6. The summed E-state index contributed by atoms with van der Waals surface area (Å²) in [4.78, 5) is 24.7. The Balaban J connectivity index is 3.35. The van der Waals surface area contributed by atoms with Gasteiger partial charge in [0.1, 0.15) is 0 Å². The predicted molar refractivity (Wildman–Crippen MR) is 366 cm³/mol. The van der Waals surface area contributed by atoms with E-state index in [2.05, 4.69) is 31.3 Å². The zero-order valence-corrected chi connectivity index (χ0v) is 56.7. The Labute approximate surface area is 520 Å². The van der Waals surface area contributed by atoms with Crippen molar-refractivity contribution < 1.29 is 24.5 Å². The van der Waals surface area contributed by atoms with Crippen LogP contribution in [0.2, 0.25) is 0 Å². The Morgan fingerprint density at radius 2 is 0.566 bits per heavy atom. The molecule has 0 aromatic carbocycles. The van der Waals surface area contributed by atoms with E-state index in [0.717, 1.165) is 44.9 Å². The molecule has 0 bridgehead atoms. The number of aliphatic hydroxyl groups excluding tert-OH is 2. The van der Waals surface area contributed by atoms with Gasteiger partial charge in [0.05, 0.1) is 25.4 Å². The topological polar surface area (TPSA) is 95.9 Å². The van der Waals surface area contributed by atoms with Gasteiger partial charge in [-0.2, -0.15) is 0 Å². The van der Waals surface area contributed by atoms with E-state index in [-0.39, 0.29) is 18.5 Å². The minimum absolute atomic E-state index is 0.0146. The predicted octanol–water partition coefficient (Wildman–Crippen LogP) is 25.1. The summed E-state index contributed by atoms with van der Waals surface area (Å²) in [5.41, 5.74) is 0. The van der Waals surface area contributed by atoms with E-state index in [9.17, 15) is 19.8 Å². The number of amides is 1. The van der Waals surface area contributed by atoms with Crippen molar-refractivity contribution in [1.82, 2.24) is 5.32 Å². The average Bonchev–Trinajstić information content (AvgIpc) is 3.48. The second-order valence-corrected chi connectivity index (χ2v) is 26.7. The number of hydrogen-bond acceptors (Lipinski definition) is 5. The molecule has 0 saturated heterocycles. The van der Waals surface area contributed by atoms with Gasteiger partial charge in [0.2, 0.25) is 5.91 Å². The van der Waals surface area contributed by atoms with Crippen molar-refractivity contribution in [2.75, 3.05) is 13.2 Å². The van der Waals surface area contributed by atoms with Crippen LogP contribution in [-0.4, -0.2) is 47.4 Å². The average molecular weight is 1170 g/mol. The largest absolute Gasteiger partial charge is 0.466 e. The van der Waals surface area contributed by atoms with Crippen LogP contribution in [0.1, 0.15) is 444 Å². The minimum Gasteiger partial charge on any atom is -0.466 e. The van der Waals surface area contributed by atoms with Gasteiger partial charge in [0.15, 0.2) is 0 Å². The van der Waals surface area contributed by atoms with E-state index in [0.29, 0.717) is 25.9 Å². The molecule has 2 atom stereocenters. The zero-order chi connectivity index (χ0) is 59.9. The maximum atomic E-state index is 12.6. The molecule has 0 radical (unpaired) electrons. The molecular weight excluding hydrogens is 1020 g/mol. The number of hydrogen-bond donors (Lipinski definition) is 3. The Morgan fingerprint density at radius 3 is 0.855 bits per heavy atom. The molecule has 83 heavy (non-hydrogen) atoms. The summed E-state index contributed by atoms with van der Waals surface area (Å²) in [6.07, 6.45) is 91.4. The van der Waals surface area contributed by atoms with Gasteiger partial charge in [-0.15, -0.1) is 0 Å². The SMILES string of the molecule is CCCCCCCC/C=C\CCCCCCCCCC(=O)OCCCCCCCCCCCCCCCCCCCCCCCCCCCC(=O)NC(CO)C(O)CCCCCCCCCCCCCCCCCCCCCCCCCC. The molecule has 0 fully saturated rings. The van der Waals surface area contributed by atoms with Crippen LogP contribution in [0.3, 0.4) is 0 Å². The Kier molecular flexibility index (Phi) is 71.8. The van der Waals surface area contributed by atoms with E-state index in [1.54, 1.807) is 0 Å². The highest BCUT2D eigenvalue weighted by atomic mass is 16.5. The lowest BCUT2D eigenvalue weighted by atomic mass is 10.0. The number of carbonyl (C=O) groups is 2. The zero-order valence-electron chi connectivity index (χ0n) is 56.7.